The van der Waals surface area contributed by atoms with Gasteiger partial charge in [-0.25, -0.2) is 9.97 Å². The van der Waals surface area contributed by atoms with Gasteiger partial charge >= 0.3 is 0 Å². The molecule has 0 fully saturated rings. The Balaban J connectivity index is 1.94. The fourth-order valence-electron chi connectivity index (χ4n) is 2.86. The molecule has 4 aromatic rings. The SMILES string of the molecule is CC(=O)Nc1ccc(-c2c(-c3cccnc3)oc3ncnc(N)c23)cc1. The lowest BCUT2D eigenvalue weighted by atomic mass is 10.00. The highest BCUT2D eigenvalue weighted by atomic mass is 16.3. The number of nitrogens with zero attached hydrogens (tertiary/aromatic N) is 3. The van der Waals surface area contributed by atoms with Crippen LogP contribution in [0.3, 0.4) is 0 Å². The molecule has 0 unspecified atom stereocenters. The molecular formula is C19H15N5O2. The van der Waals surface area contributed by atoms with E-state index in [1.807, 2.05) is 36.4 Å². The van der Waals surface area contributed by atoms with Gasteiger partial charge in [0, 0.05) is 36.1 Å². The first-order valence-corrected chi connectivity index (χ1v) is 7.95. The summed E-state index contributed by atoms with van der Waals surface area (Å²) in [4.78, 5) is 23.7. The Morgan fingerprint density at radius 1 is 1.12 bits per heavy atom. The van der Waals surface area contributed by atoms with E-state index in [2.05, 4.69) is 20.3 Å². The van der Waals surface area contributed by atoms with Crippen molar-refractivity contribution in [2.24, 2.45) is 0 Å². The Hall–Kier alpha value is -3.74. The van der Waals surface area contributed by atoms with Gasteiger partial charge in [0.2, 0.25) is 11.6 Å². The van der Waals surface area contributed by atoms with Crippen molar-refractivity contribution in [1.29, 1.82) is 0 Å². The Morgan fingerprint density at radius 2 is 1.92 bits per heavy atom. The van der Waals surface area contributed by atoms with Gasteiger partial charge in [-0.05, 0) is 29.8 Å². The molecule has 0 saturated carbocycles. The van der Waals surface area contributed by atoms with Crippen LogP contribution in [0.4, 0.5) is 11.5 Å². The van der Waals surface area contributed by atoms with Crippen LogP contribution < -0.4 is 11.1 Å². The first kappa shape index (κ1) is 15.8. The van der Waals surface area contributed by atoms with Crippen LogP contribution in [0, 0.1) is 0 Å². The van der Waals surface area contributed by atoms with E-state index in [-0.39, 0.29) is 5.91 Å². The number of rotatable bonds is 3. The number of carbonyl (C=O) groups excluding carboxylic acids is 1. The van der Waals surface area contributed by atoms with E-state index in [0.717, 1.165) is 16.7 Å². The highest BCUT2D eigenvalue weighted by molar-refractivity contribution is 6.05. The summed E-state index contributed by atoms with van der Waals surface area (Å²) in [6.45, 7) is 1.47. The third kappa shape index (κ3) is 2.75. The largest absolute Gasteiger partial charge is 0.437 e. The summed E-state index contributed by atoms with van der Waals surface area (Å²) >= 11 is 0. The molecular weight excluding hydrogens is 330 g/mol. The zero-order chi connectivity index (χ0) is 18.1. The van der Waals surface area contributed by atoms with Gasteiger partial charge in [0.15, 0.2) is 0 Å². The normalized spacial score (nSPS) is 10.8. The Morgan fingerprint density at radius 3 is 2.62 bits per heavy atom. The highest BCUT2D eigenvalue weighted by Gasteiger charge is 2.21. The minimum absolute atomic E-state index is 0.125. The maximum absolute atomic E-state index is 11.2. The van der Waals surface area contributed by atoms with Crippen LogP contribution >= 0.6 is 0 Å². The van der Waals surface area contributed by atoms with E-state index >= 15 is 0 Å². The van der Waals surface area contributed by atoms with E-state index in [1.54, 1.807) is 12.4 Å². The van der Waals surface area contributed by atoms with Crippen molar-refractivity contribution in [2.45, 2.75) is 6.92 Å². The van der Waals surface area contributed by atoms with Gasteiger partial charge in [-0.1, -0.05) is 12.1 Å². The van der Waals surface area contributed by atoms with Crippen molar-refractivity contribution in [3.63, 3.8) is 0 Å². The first-order valence-electron chi connectivity index (χ1n) is 7.95. The quantitative estimate of drug-likeness (QED) is 0.588. The summed E-state index contributed by atoms with van der Waals surface area (Å²) in [6, 6.07) is 11.2. The number of amides is 1. The average molecular weight is 345 g/mol. The van der Waals surface area contributed by atoms with E-state index < -0.39 is 0 Å². The fourth-order valence-corrected chi connectivity index (χ4v) is 2.86. The number of carbonyl (C=O) groups is 1. The monoisotopic (exact) mass is 345 g/mol. The van der Waals surface area contributed by atoms with E-state index in [4.69, 9.17) is 10.2 Å². The number of benzene rings is 1. The molecule has 0 aliphatic heterocycles. The second-order valence-corrected chi connectivity index (χ2v) is 5.75. The molecule has 0 bridgehead atoms. The number of hydrogen-bond acceptors (Lipinski definition) is 6. The zero-order valence-corrected chi connectivity index (χ0v) is 13.9. The minimum atomic E-state index is -0.125. The summed E-state index contributed by atoms with van der Waals surface area (Å²) < 4.78 is 5.97. The number of fused-ring (bicyclic) bond motifs is 1. The van der Waals surface area contributed by atoms with Crippen LogP contribution in [0.2, 0.25) is 0 Å². The van der Waals surface area contributed by atoms with Crippen LogP contribution in [-0.2, 0) is 4.79 Å². The molecule has 3 N–H and O–H groups in total. The standard InChI is InChI=1S/C19H15N5O2/c1-11(25)24-14-6-4-12(5-7-14)15-16-18(20)22-10-23-19(16)26-17(15)13-3-2-8-21-9-13/h2-10H,1H3,(H,24,25)(H2,20,22,23). The maximum Gasteiger partial charge on any atom is 0.232 e. The van der Waals surface area contributed by atoms with Gasteiger partial charge < -0.3 is 15.5 Å². The lowest BCUT2D eigenvalue weighted by Crippen LogP contribution is -2.05. The van der Waals surface area contributed by atoms with Crippen molar-refractivity contribution in [2.75, 3.05) is 11.1 Å². The summed E-state index contributed by atoms with van der Waals surface area (Å²) in [5.41, 5.74) is 9.70. The first-order chi connectivity index (χ1) is 12.6. The third-order valence-electron chi connectivity index (χ3n) is 3.94. The second-order valence-electron chi connectivity index (χ2n) is 5.75. The molecule has 26 heavy (non-hydrogen) atoms. The third-order valence-corrected chi connectivity index (χ3v) is 3.94. The van der Waals surface area contributed by atoms with E-state index in [9.17, 15) is 4.79 Å². The van der Waals surface area contributed by atoms with Crippen LogP contribution in [0.5, 0.6) is 0 Å². The predicted octanol–water partition coefficient (Wildman–Crippen LogP) is 3.49. The number of hydrogen-bond donors (Lipinski definition) is 2. The molecule has 0 atom stereocenters. The van der Waals surface area contributed by atoms with Crippen LogP contribution in [0.15, 0.2) is 59.5 Å². The number of pyridine rings is 1. The van der Waals surface area contributed by atoms with Gasteiger partial charge in [-0.3, -0.25) is 9.78 Å². The fraction of sp³-hybridized carbons (Fsp3) is 0.0526. The lowest BCUT2D eigenvalue weighted by Gasteiger charge is -2.06. The van der Waals surface area contributed by atoms with Gasteiger partial charge in [0.1, 0.15) is 17.9 Å². The average Bonchev–Trinajstić information content (AvgIpc) is 3.04. The summed E-state index contributed by atoms with van der Waals surface area (Å²) in [7, 11) is 0. The molecule has 4 rings (SSSR count). The van der Waals surface area contributed by atoms with Crippen molar-refractivity contribution in [3.8, 4) is 22.5 Å². The number of furan rings is 1. The molecule has 3 heterocycles. The van der Waals surface area contributed by atoms with Crippen molar-refractivity contribution >= 4 is 28.5 Å². The minimum Gasteiger partial charge on any atom is -0.437 e. The molecule has 0 spiro atoms. The number of nitrogens with two attached hydrogens (primary N) is 1. The second kappa shape index (κ2) is 6.29. The molecule has 0 saturated heterocycles. The number of nitrogen functional groups attached to an aromatic ring is 1. The number of nitrogens with one attached hydrogen (secondary N) is 1. The molecule has 0 radical (unpaired) electrons. The van der Waals surface area contributed by atoms with Gasteiger partial charge in [0.25, 0.3) is 0 Å². The summed E-state index contributed by atoms with van der Waals surface area (Å²) in [6.07, 6.45) is 4.79. The summed E-state index contributed by atoms with van der Waals surface area (Å²) in [5, 5.41) is 3.40. The smallest absolute Gasteiger partial charge is 0.232 e. The topological polar surface area (TPSA) is 107 Å². The predicted molar refractivity (Wildman–Crippen MR) is 99.2 cm³/mol. The molecule has 3 aromatic heterocycles. The van der Waals surface area contributed by atoms with Gasteiger partial charge in [-0.2, -0.15) is 0 Å². The molecule has 7 nitrogen and oxygen atoms in total. The molecule has 0 aliphatic carbocycles. The van der Waals surface area contributed by atoms with Crippen LogP contribution in [0.1, 0.15) is 6.92 Å². The molecule has 7 heteroatoms. The molecule has 1 amide bonds. The highest BCUT2D eigenvalue weighted by Crippen LogP contribution is 2.41. The van der Waals surface area contributed by atoms with Crippen LogP contribution in [-0.4, -0.2) is 20.9 Å². The molecule has 128 valence electrons. The molecule has 0 aliphatic rings. The van der Waals surface area contributed by atoms with E-state index in [1.165, 1.54) is 13.3 Å². The Labute approximate surface area is 148 Å². The zero-order valence-electron chi connectivity index (χ0n) is 13.9. The Bertz CT molecular complexity index is 1090. The van der Waals surface area contributed by atoms with Crippen molar-refractivity contribution < 1.29 is 9.21 Å². The Kier molecular flexibility index (Phi) is 3.81. The molecule has 1 aromatic carbocycles. The van der Waals surface area contributed by atoms with E-state index in [0.29, 0.717) is 28.4 Å². The maximum atomic E-state index is 11.2. The lowest BCUT2D eigenvalue weighted by molar-refractivity contribution is -0.114. The van der Waals surface area contributed by atoms with Gasteiger partial charge in [-0.15, -0.1) is 0 Å². The van der Waals surface area contributed by atoms with Crippen molar-refractivity contribution in [1.82, 2.24) is 15.0 Å². The van der Waals surface area contributed by atoms with Gasteiger partial charge in [0.05, 0.1) is 5.39 Å². The van der Waals surface area contributed by atoms with Crippen molar-refractivity contribution in [3.05, 3.63) is 55.1 Å². The van der Waals surface area contributed by atoms with Crippen LogP contribution in [0.25, 0.3) is 33.6 Å². The summed E-state index contributed by atoms with van der Waals surface area (Å²) in [5.74, 6) is 0.836. The number of aromatic nitrogens is 3. The number of anilines is 2.